The summed E-state index contributed by atoms with van der Waals surface area (Å²) in [5, 5.41) is 0. The van der Waals surface area contributed by atoms with Gasteiger partial charge in [0.05, 0.1) is 18.2 Å². The van der Waals surface area contributed by atoms with E-state index in [4.69, 9.17) is 4.74 Å². The molecule has 1 aromatic carbocycles. The van der Waals surface area contributed by atoms with Gasteiger partial charge in [-0.1, -0.05) is 19.4 Å². The Morgan fingerprint density at radius 1 is 1.19 bits per heavy atom. The molecule has 21 heavy (non-hydrogen) atoms. The number of rotatable bonds is 7. The van der Waals surface area contributed by atoms with Crippen molar-refractivity contribution >= 4 is 5.78 Å². The number of ketones is 1. The molecule has 0 fully saturated rings. The summed E-state index contributed by atoms with van der Waals surface area (Å²) in [6, 6.07) is 13.0. The number of pyridine rings is 1. The second-order valence-corrected chi connectivity index (χ2v) is 5.07. The lowest BCUT2D eigenvalue weighted by Crippen LogP contribution is -2.10. The Kier molecular flexibility index (Phi) is 5.50. The minimum absolute atomic E-state index is 0.0776. The molecular formula is C18H21NO2. The van der Waals surface area contributed by atoms with Gasteiger partial charge in [-0.05, 0) is 49.7 Å². The molecule has 110 valence electrons. The van der Waals surface area contributed by atoms with E-state index in [0.717, 1.165) is 24.3 Å². The Morgan fingerprint density at radius 3 is 2.57 bits per heavy atom. The van der Waals surface area contributed by atoms with Gasteiger partial charge in [0, 0.05) is 11.8 Å². The topological polar surface area (TPSA) is 39.2 Å². The van der Waals surface area contributed by atoms with Crippen LogP contribution in [-0.2, 0) is 0 Å². The summed E-state index contributed by atoms with van der Waals surface area (Å²) in [5.74, 6) is 0.650. The average Bonchev–Trinajstić information content (AvgIpc) is 2.55. The van der Waals surface area contributed by atoms with Crippen molar-refractivity contribution in [3.8, 4) is 5.75 Å². The third kappa shape index (κ3) is 4.15. The number of ether oxygens (including phenoxy) is 1. The molecule has 0 N–H and O–H groups in total. The highest BCUT2D eigenvalue weighted by Crippen LogP contribution is 2.20. The van der Waals surface area contributed by atoms with Gasteiger partial charge in [-0.25, -0.2) is 0 Å². The van der Waals surface area contributed by atoms with E-state index in [-0.39, 0.29) is 11.7 Å². The number of Topliss-reactive ketones (excluding diaryl/α,β-unsaturated/α-hetero) is 1. The average molecular weight is 283 g/mol. The molecule has 3 heteroatoms. The van der Waals surface area contributed by atoms with E-state index in [1.165, 1.54) is 0 Å². The number of aromatic nitrogens is 1. The standard InChI is InChI=1S/C18H21NO2/c1-3-4-13-21-16-10-8-15(9-11-16)18(20)14(2)17-7-5-6-12-19-17/h5-12,14H,3-4,13H2,1-2H3. The number of nitrogens with zero attached hydrogens (tertiary/aromatic N) is 1. The molecule has 2 rings (SSSR count). The molecule has 1 aromatic heterocycles. The summed E-state index contributed by atoms with van der Waals surface area (Å²) in [7, 11) is 0. The molecule has 2 aromatic rings. The first-order valence-corrected chi connectivity index (χ1v) is 7.40. The lowest BCUT2D eigenvalue weighted by molar-refractivity contribution is 0.0964. The van der Waals surface area contributed by atoms with Crippen molar-refractivity contribution in [3.05, 3.63) is 59.9 Å². The van der Waals surface area contributed by atoms with Crippen LogP contribution in [0.4, 0.5) is 0 Å². The molecule has 0 aliphatic rings. The fraction of sp³-hybridized carbons (Fsp3) is 0.333. The van der Waals surface area contributed by atoms with E-state index in [2.05, 4.69) is 11.9 Å². The molecule has 0 spiro atoms. The molecule has 1 heterocycles. The van der Waals surface area contributed by atoms with Crippen LogP contribution in [0.1, 0.15) is 48.7 Å². The zero-order valence-corrected chi connectivity index (χ0v) is 12.6. The highest BCUT2D eigenvalue weighted by atomic mass is 16.5. The number of hydrogen-bond acceptors (Lipinski definition) is 3. The monoisotopic (exact) mass is 283 g/mol. The first-order chi connectivity index (χ1) is 10.2. The fourth-order valence-electron chi connectivity index (χ4n) is 2.07. The number of benzene rings is 1. The summed E-state index contributed by atoms with van der Waals surface area (Å²) < 4.78 is 5.60. The Morgan fingerprint density at radius 2 is 1.95 bits per heavy atom. The van der Waals surface area contributed by atoms with Crippen LogP contribution in [-0.4, -0.2) is 17.4 Å². The number of carbonyl (C=O) groups is 1. The summed E-state index contributed by atoms with van der Waals surface area (Å²) in [4.78, 5) is 16.7. The first-order valence-electron chi connectivity index (χ1n) is 7.40. The van der Waals surface area contributed by atoms with E-state index >= 15 is 0 Å². The Hall–Kier alpha value is -2.16. The lowest BCUT2D eigenvalue weighted by atomic mass is 9.96. The van der Waals surface area contributed by atoms with Crippen LogP contribution in [0.15, 0.2) is 48.7 Å². The van der Waals surface area contributed by atoms with Gasteiger partial charge in [-0.3, -0.25) is 9.78 Å². The normalized spacial score (nSPS) is 11.9. The molecule has 1 unspecified atom stereocenters. The Balaban J connectivity index is 2.03. The van der Waals surface area contributed by atoms with Gasteiger partial charge in [0.1, 0.15) is 5.75 Å². The molecule has 0 amide bonds. The van der Waals surface area contributed by atoms with Gasteiger partial charge in [0.25, 0.3) is 0 Å². The third-order valence-electron chi connectivity index (χ3n) is 3.43. The molecular weight excluding hydrogens is 262 g/mol. The first kappa shape index (κ1) is 15.2. The molecule has 0 saturated carbocycles. The lowest BCUT2D eigenvalue weighted by Gasteiger charge is -2.10. The van der Waals surface area contributed by atoms with Crippen LogP contribution in [0, 0.1) is 0 Å². The predicted molar refractivity (Wildman–Crippen MR) is 83.8 cm³/mol. The van der Waals surface area contributed by atoms with E-state index in [1.807, 2.05) is 49.4 Å². The van der Waals surface area contributed by atoms with E-state index < -0.39 is 0 Å². The molecule has 0 radical (unpaired) electrons. The van der Waals surface area contributed by atoms with Crippen molar-refractivity contribution in [2.75, 3.05) is 6.61 Å². The zero-order chi connectivity index (χ0) is 15.1. The quantitative estimate of drug-likeness (QED) is 0.563. The molecule has 0 saturated heterocycles. The van der Waals surface area contributed by atoms with Crippen molar-refractivity contribution in [1.82, 2.24) is 4.98 Å². The second kappa shape index (κ2) is 7.58. The highest BCUT2D eigenvalue weighted by Gasteiger charge is 2.17. The summed E-state index contributed by atoms with van der Waals surface area (Å²) in [6.07, 6.45) is 3.86. The van der Waals surface area contributed by atoms with E-state index in [9.17, 15) is 4.79 Å². The molecule has 0 bridgehead atoms. The van der Waals surface area contributed by atoms with Crippen LogP contribution in [0.5, 0.6) is 5.75 Å². The number of hydrogen-bond donors (Lipinski definition) is 0. The highest BCUT2D eigenvalue weighted by molar-refractivity contribution is 6.00. The van der Waals surface area contributed by atoms with Crippen LogP contribution in [0.25, 0.3) is 0 Å². The molecule has 1 atom stereocenters. The Labute approximate surface area is 126 Å². The van der Waals surface area contributed by atoms with Crippen LogP contribution < -0.4 is 4.74 Å². The van der Waals surface area contributed by atoms with Crippen molar-refractivity contribution in [2.24, 2.45) is 0 Å². The smallest absolute Gasteiger partial charge is 0.171 e. The van der Waals surface area contributed by atoms with Gasteiger partial charge in [-0.2, -0.15) is 0 Å². The van der Waals surface area contributed by atoms with Gasteiger partial charge in [0.15, 0.2) is 5.78 Å². The third-order valence-corrected chi connectivity index (χ3v) is 3.43. The van der Waals surface area contributed by atoms with Gasteiger partial charge in [0.2, 0.25) is 0 Å². The summed E-state index contributed by atoms with van der Waals surface area (Å²) in [6.45, 7) is 4.73. The summed E-state index contributed by atoms with van der Waals surface area (Å²) >= 11 is 0. The van der Waals surface area contributed by atoms with Crippen molar-refractivity contribution in [3.63, 3.8) is 0 Å². The summed E-state index contributed by atoms with van der Waals surface area (Å²) in [5.41, 5.74) is 1.49. The maximum atomic E-state index is 12.4. The van der Waals surface area contributed by atoms with Crippen molar-refractivity contribution in [2.45, 2.75) is 32.6 Å². The molecule has 3 nitrogen and oxygen atoms in total. The number of unbranched alkanes of at least 4 members (excludes halogenated alkanes) is 1. The van der Waals surface area contributed by atoms with Crippen LogP contribution in [0.2, 0.25) is 0 Å². The predicted octanol–water partition coefficient (Wildman–Crippen LogP) is 4.25. The van der Waals surface area contributed by atoms with E-state index in [1.54, 1.807) is 6.20 Å². The SMILES string of the molecule is CCCCOc1ccc(C(=O)C(C)c2ccccn2)cc1. The minimum atomic E-state index is -0.238. The van der Waals surface area contributed by atoms with Crippen molar-refractivity contribution in [1.29, 1.82) is 0 Å². The number of carbonyl (C=O) groups excluding carboxylic acids is 1. The minimum Gasteiger partial charge on any atom is -0.494 e. The maximum absolute atomic E-state index is 12.4. The van der Waals surface area contributed by atoms with E-state index in [0.29, 0.717) is 12.2 Å². The van der Waals surface area contributed by atoms with Gasteiger partial charge < -0.3 is 4.74 Å². The fourth-order valence-corrected chi connectivity index (χ4v) is 2.07. The zero-order valence-electron chi connectivity index (χ0n) is 12.6. The molecule has 0 aliphatic heterocycles. The van der Waals surface area contributed by atoms with Gasteiger partial charge >= 0.3 is 0 Å². The Bertz CT molecular complexity index is 564. The largest absolute Gasteiger partial charge is 0.494 e. The molecule has 0 aliphatic carbocycles. The van der Waals surface area contributed by atoms with Crippen LogP contribution >= 0.6 is 0 Å². The van der Waals surface area contributed by atoms with Gasteiger partial charge in [-0.15, -0.1) is 0 Å². The maximum Gasteiger partial charge on any atom is 0.171 e. The van der Waals surface area contributed by atoms with Crippen molar-refractivity contribution < 1.29 is 9.53 Å². The second-order valence-electron chi connectivity index (χ2n) is 5.07. The van der Waals surface area contributed by atoms with Crippen LogP contribution in [0.3, 0.4) is 0 Å².